The summed E-state index contributed by atoms with van der Waals surface area (Å²) < 4.78 is 0. The second kappa shape index (κ2) is 6.34. The summed E-state index contributed by atoms with van der Waals surface area (Å²) in [5.74, 6) is 6.91. The zero-order valence-electron chi connectivity index (χ0n) is 13.6. The molecule has 3 heteroatoms. The summed E-state index contributed by atoms with van der Waals surface area (Å²) in [6.07, 6.45) is 7.62. The number of rotatable bonds is 2. The van der Waals surface area contributed by atoms with Crippen molar-refractivity contribution in [3.63, 3.8) is 0 Å². The van der Waals surface area contributed by atoms with E-state index >= 15 is 0 Å². The highest BCUT2D eigenvalue weighted by Crippen LogP contribution is 2.57. The highest BCUT2D eigenvalue weighted by atomic mass is 16.3. The minimum atomic E-state index is -0.568. The van der Waals surface area contributed by atoms with E-state index in [1.165, 1.54) is 19.3 Å². The number of hydrogen-bond acceptors (Lipinski definition) is 3. The smallest absolute Gasteiger partial charge is 0.139 e. The van der Waals surface area contributed by atoms with Crippen molar-refractivity contribution in [3.05, 3.63) is 0 Å². The molecular formula is C19H28O3. The largest absolute Gasteiger partial charge is 0.392 e. The standard InChI is InChI=1S/C19H28O3/c1-2-19-11-10-17(21)14(15(19)12-18(19)22)8-9-16(20)13-6-4-3-5-7-13/h13-17,20-21H,2-7,10-12H2,1H3/t14-,15-,16+,17-,19+/m0/s1. The third-order valence-electron chi connectivity index (χ3n) is 6.53. The maximum atomic E-state index is 12.1. The fourth-order valence-corrected chi connectivity index (χ4v) is 4.90. The number of carbonyl (C=O) groups excluding carboxylic acids is 1. The van der Waals surface area contributed by atoms with E-state index in [1.54, 1.807) is 0 Å². The molecule has 0 aromatic heterocycles. The molecule has 3 aliphatic carbocycles. The lowest BCUT2D eigenvalue weighted by atomic mass is 9.48. The van der Waals surface area contributed by atoms with Crippen LogP contribution >= 0.6 is 0 Å². The van der Waals surface area contributed by atoms with Crippen molar-refractivity contribution in [2.45, 2.75) is 76.9 Å². The van der Waals surface area contributed by atoms with Crippen molar-refractivity contribution in [2.24, 2.45) is 23.2 Å². The first kappa shape index (κ1) is 16.0. The van der Waals surface area contributed by atoms with Gasteiger partial charge in [0.05, 0.1) is 12.0 Å². The maximum Gasteiger partial charge on any atom is 0.139 e. The van der Waals surface area contributed by atoms with Crippen molar-refractivity contribution in [2.75, 3.05) is 0 Å². The molecule has 3 saturated carbocycles. The average molecular weight is 304 g/mol. The van der Waals surface area contributed by atoms with Gasteiger partial charge in [-0.25, -0.2) is 0 Å². The molecule has 0 radical (unpaired) electrons. The van der Waals surface area contributed by atoms with Crippen LogP contribution in [-0.2, 0) is 4.79 Å². The lowest BCUT2D eigenvalue weighted by Crippen LogP contribution is -2.58. The van der Waals surface area contributed by atoms with Crippen molar-refractivity contribution >= 4 is 5.78 Å². The van der Waals surface area contributed by atoms with Crippen LogP contribution < -0.4 is 0 Å². The molecular weight excluding hydrogens is 276 g/mol. The van der Waals surface area contributed by atoms with Crippen LogP contribution in [0.3, 0.4) is 0 Å². The Bertz CT molecular complexity index is 483. The fourth-order valence-electron chi connectivity index (χ4n) is 4.90. The van der Waals surface area contributed by atoms with Crippen molar-refractivity contribution in [1.82, 2.24) is 0 Å². The Morgan fingerprint density at radius 2 is 2.00 bits per heavy atom. The van der Waals surface area contributed by atoms with Crippen molar-refractivity contribution < 1.29 is 15.0 Å². The fraction of sp³-hybridized carbons (Fsp3) is 0.842. The summed E-state index contributed by atoms with van der Waals surface area (Å²) in [5, 5.41) is 20.6. The van der Waals surface area contributed by atoms with Gasteiger partial charge in [0.1, 0.15) is 11.9 Å². The molecule has 3 aliphatic rings. The van der Waals surface area contributed by atoms with E-state index in [-0.39, 0.29) is 17.3 Å². The number of ketones is 1. The summed E-state index contributed by atoms with van der Waals surface area (Å²) >= 11 is 0. The van der Waals surface area contributed by atoms with Gasteiger partial charge in [-0.15, -0.1) is 0 Å². The Hall–Kier alpha value is -0.850. The average Bonchev–Trinajstić information content (AvgIpc) is 2.54. The molecule has 0 heterocycles. The van der Waals surface area contributed by atoms with Gasteiger partial charge >= 0.3 is 0 Å². The second-order valence-electron chi connectivity index (χ2n) is 7.51. The van der Waals surface area contributed by atoms with Crippen molar-refractivity contribution in [3.8, 4) is 11.8 Å². The van der Waals surface area contributed by atoms with E-state index < -0.39 is 12.2 Å². The summed E-state index contributed by atoms with van der Waals surface area (Å²) in [5.41, 5.74) is -0.228. The predicted octanol–water partition coefficient (Wildman–Crippen LogP) is 2.69. The number of carbonyl (C=O) groups is 1. The molecule has 0 aliphatic heterocycles. The van der Waals surface area contributed by atoms with Gasteiger partial charge in [-0.1, -0.05) is 38.0 Å². The molecule has 3 rings (SSSR count). The van der Waals surface area contributed by atoms with Gasteiger partial charge in [0, 0.05) is 11.8 Å². The molecule has 5 atom stereocenters. The second-order valence-corrected chi connectivity index (χ2v) is 7.51. The molecule has 0 unspecified atom stereocenters. The van der Waals surface area contributed by atoms with Gasteiger partial charge in [-0.2, -0.15) is 0 Å². The number of hydrogen-bond donors (Lipinski definition) is 2. The molecule has 122 valence electrons. The van der Waals surface area contributed by atoms with Crippen LogP contribution in [0.15, 0.2) is 0 Å². The van der Waals surface area contributed by atoms with Crippen LogP contribution in [-0.4, -0.2) is 28.2 Å². The first-order valence-electron chi connectivity index (χ1n) is 8.99. The Balaban J connectivity index is 1.71. The molecule has 0 aromatic rings. The van der Waals surface area contributed by atoms with Crippen LogP contribution in [0.25, 0.3) is 0 Å². The monoisotopic (exact) mass is 304 g/mol. The highest BCUT2D eigenvalue weighted by molar-refractivity contribution is 5.91. The Morgan fingerprint density at radius 1 is 1.27 bits per heavy atom. The molecule has 3 nitrogen and oxygen atoms in total. The van der Waals surface area contributed by atoms with E-state index in [0.29, 0.717) is 24.5 Å². The van der Waals surface area contributed by atoms with Crippen LogP contribution in [0.1, 0.15) is 64.7 Å². The van der Waals surface area contributed by atoms with Gasteiger partial charge in [-0.3, -0.25) is 4.79 Å². The minimum Gasteiger partial charge on any atom is -0.392 e. The Kier molecular flexibility index (Phi) is 4.61. The third-order valence-corrected chi connectivity index (χ3v) is 6.53. The molecule has 3 fully saturated rings. The van der Waals surface area contributed by atoms with Gasteiger partial charge in [-0.05, 0) is 43.9 Å². The van der Waals surface area contributed by atoms with Crippen LogP contribution in [0.4, 0.5) is 0 Å². The maximum absolute atomic E-state index is 12.1. The van der Waals surface area contributed by atoms with Gasteiger partial charge < -0.3 is 10.2 Å². The Labute approximate surface area is 133 Å². The first-order valence-corrected chi connectivity index (χ1v) is 8.99. The molecule has 0 saturated heterocycles. The van der Waals surface area contributed by atoms with Crippen molar-refractivity contribution in [1.29, 1.82) is 0 Å². The van der Waals surface area contributed by atoms with Crippen LogP contribution in [0.2, 0.25) is 0 Å². The quantitative estimate of drug-likeness (QED) is 0.771. The van der Waals surface area contributed by atoms with E-state index in [2.05, 4.69) is 18.8 Å². The normalized spacial score (nSPS) is 40.1. The topological polar surface area (TPSA) is 57.5 Å². The molecule has 0 spiro atoms. The molecule has 22 heavy (non-hydrogen) atoms. The number of fused-ring (bicyclic) bond motifs is 1. The van der Waals surface area contributed by atoms with E-state index in [9.17, 15) is 15.0 Å². The van der Waals surface area contributed by atoms with E-state index in [1.807, 2.05) is 0 Å². The van der Waals surface area contributed by atoms with E-state index in [0.717, 1.165) is 25.7 Å². The molecule has 0 aromatic carbocycles. The first-order chi connectivity index (χ1) is 10.6. The number of Topliss-reactive ketones (excluding diaryl/α,β-unsaturated/α-hetero) is 1. The van der Waals surface area contributed by atoms with Crippen LogP contribution in [0.5, 0.6) is 0 Å². The molecule has 0 bridgehead atoms. The summed E-state index contributed by atoms with van der Waals surface area (Å²) in [6.45, 7) is 2.07. The predicted molar refractivity (Wildman–Crippen MR) is 84.9 cm³/mol. The van der Waals surface area contributed by atoms with Crippen LogP contribution in [0, 0.1) is 35.0 Å². The highest BCUT2D eigenvalue weighted by Gasteiger charge is 2.59. The molecule has 0 amide bonds. The lowest BCUT2D eigenvalue weighted by Gasteiger charge is -2.54. The summed E-state index contributed by atoms with van der Waals surface area (Å²) in [4.78, 5) is 12.1. The number of aliphatic hydroxyl groups excluding tert-OH is 2. The lowest BCUT2D eigenvalue weighted by molar-refractivity contribution is -0.160. The SMILES string of the molecule is CC[C@@]12CC[C@H](O)[C@@H](C#C[C@@H](O)C3CCCCC3)[C@@H]1CC2=O. The number of aliphatic hydroxyl groups is 2. The minimum absolute atomic E-state index is 0.135. The molecule has 2 N–H and O–H groups in total. The summed E-state index contributed by atoms with van der Waals surface area (Å²) in [7, 11) is 0. The third kappa shape index (κ3) is 2.61. The zero-order valence-corrected chi connectivity index (χ0v) is 13.6. The van der Waals surface area contributed by atoms with E-state index in [4.69, 9.17) is 0 Å². The Morgan fingerprint density at radius 3 is 2.64 bits per heavy atom. The zero-order chi connectivity index (χ0) is 15.7. The summed E-state index contributed by atoms with van der Waals surface area (Å²) in [6, 6.07) is 0. The van der Waals surface area contributed by atoms with Gasteiger partial charge in [0.2, 0.25) is 0 Å². The van der Waals surface area contributed by atoms with Gasteiger partial charge in [0.25, 0.3) is 0 Å². The van der Waals surface area contributed by atoms with Gasteiger partial charge in [0.15, 0.2) is 0 Å².